The number of hydrogen-bond donors (Lipinski definition) is 2. The molecule has 2 N–H and O–H groups in total. The van der Waals surface area contributed by atoms with Gasteiger partial charge in [-0.05, 0) is 43.9 Å². The summed E-state index contributed by atoms with van der Waals surface area (Å²) in [5.41, 5.74) is 1.08. The molecule has 176 valence electrons. The fraction of sp³-hybridized carbons (Fsp3) is 0.714. The van der Waals surface area contributed by atoms with Crippen LogP contribution in [0.25, 0.3) is 0 Å². The molecule has 1 aromatic heterocycles. The lowest BCUT2D eigenvalue weighted by atomic mass is 10.2. The maximum atomic E-state index is 12.6. The van der Waals surface area contributed by atoms with Gasteiger partial charge in [0.05, 0.1) is 13.1 Å². The SMILES string of the molecule is CCNC(=NCc1ccnc(N2CCCCCC2)c1)NC1CCN(CC(F)(F)F)C1.I. The number of guanidine groups is 1. The van der Waals surface area contributed by atoms with Crippen LogP contribution in [-0.4, -0.2) is 67.3 Å². The normalized spacial score (nSPS) is 20.8. The van der Waals surface area contributed by atoms with Crippen molar-refractivity contribution in [2.75, 3.05) is 44.2 Å². The number of aromatic nitrogens is 1. The van der Waals surface area contributed by atoms with Gasteiger partial charge in [-0.1, -0.05) is 12.8 Å². The number of anilines is 1. The molecular weight excluding hydrogens is 520 g/mol. The van der Waals surface area contributed by atoms with Crippen molar-refractivity contribution < 1.29 is 13.2 Å². The molecular formula is C21H34F3IN6. The van der Waals surface area contributed by atoms with E-state index in [4.69, 9.17) is 0 Å². The summed E-state index contributed by atoms with van der Waals surface area (Å²) in [6.45, 7) is 5.22. The number of halogens is 4. The summed E-state index contributed by atoms with van der Waals surface area (Å²) in [5.74, 6) is 1.64. The monoisotopic (exact) mass is 554 g/mol. The third-order valence-corrected chi connectivity index (χ3v) is 5.52. The molecule has 10 heteroatoms. The number of likely N-dealkylation sites (tertiary alicyclic amines) is 1. The highest BCUT2D eigenvalue weighted by Gasteiger charge is 2.34. The molecule has 0 radical (unpaired) electrons. The lowest BCUT2D eigenvalue weighted by molar-refractivity contribution is -0.143. The standard InChI is InChI=1S/C21H33F3N6.HI/c1-2-25-20(28-18-8-12-29(15-18)16-21(22,23)24)27-14-17-7-9-26-19(13-17)30-10-5-3-4-6-11-30;/h7,9,13,18H,2-6,8,10-12,14-16H2,1H3,(H2,25,27,28);1H. The Balaban J connectivity index is 0.00000341. The first-order valence-corrected chi connectivity index (χ1v) is 11.0. The molecule has 6 nitrogen and oxygen atoms in total. The zero-order valence-corrected chi connectivity index (χ0v) is 20.5. The van der Waals surface area contributed by atoms with Crippen molar-refractivity contribution in [2.24, 2.45) is 4.99 Å². The van der Waals surface area contributed by atoms with Crippen LogP contribution in [-0.2, 0) is 6.54 Å². The highest BCUT2D eigenvalue weighted by atomic mass is 127. The van der Waals surface area contributed by atoms with Crippen LogP contribution in [0.2, 0.25) is 0 Å². The number of rotatable bonds is 6. The van der Waals surface area contributed by atoms with E-state index >= 15 is 0 Å². The van der Waals surface area contributed by atoms with E-state index in [9.17, 15) is 13.2 Å². The van der Waals surface area contributed by atoms with E-state index in [1.807, 2.05) is 19.2 Å². The van der Waals surface area contributed by atoms with Crippen molar-refractivity contribution in [3.8, 4) is 0 Å². The number of hydrogen-bond acceptors (Lipinski definition) is 4. The molecule has 1 unspecified atom stereocenters. The Bertz CT molecular complexity index is 692. The van der Waals surface area contributed by atoms with E-state index in [-0.39, 0.29) is 30.0 Å². The van der Waals surface area contributed by atoms with Crippen molar-refractivity contribution in [2.45, 2.75) is 57.8 Å². The number of alkyl halides is 3. The van der Waals surface area contributed by atoms with Gasteiger partial charge in [0.15, 0.2) is 5.96 Å². The van der Waals surface area contributed by atoms with Gasteiger partial charge in [-0.2, -0.15) is 13.2 Å². The van der Waals surface area contributed by atoms with E-state index in [1.54, 1.807) is 0 Å². The summed E-state index contributed by atoms with van der Waals surface area (Å²) in [6.07, 6.45) is 3.31. The topological polar surface area (TPSA) is 55.8 Å². The molecule has 2 saturated heterocycles. The maximum absolute atomic E-state index is 12.6. The van der Waals surface area contributed by atoms with Crippen molar-refractivity contribution >= 4 is 35.8 Å². The van der Waals surface area contributed by atoms with Gasteiger partial charge in [0.2, 0.25) is 0 Å². The second kappa shape index (κ2) is 12.7. The minimum Gasteiger partial charge on any atom is -0.357 e. The Morgan fingerprint density at radius 2 is 1.94 bits per heavy atom. The molecule has 0 amide bonds. The highest BCUT2D eigenvalue weighted by molar-refractivity contribution is 14.0. The molecule has 3 rings (SSSR count). The van der Waals surface area contributed by atoms with Crippen molar-refractivity contribution in [3.63, 3.8) is 0 Å². The number of nitrogens with zero attached hydrogens (tertiary/aromatic N) is 4. The molecule has 0 bridgehead atoms. The van der Waals surface area contributed by atoms with E-state index < -0.39 is 12.7 Å². The van der Waals surface area contributed by atoms with Crippen LogP contribution >= 0.6 is 24.0 Å². The van der Waals surface area contributed by atoms with Crippen LogP contribution in [0.15, 0.2) is 23.3 Å². The maximum Gasteiger partial charge on any atom is 0.401 e. The Hall–Kier alpha value is -1.30. The fourth-order valence-corrected chi connectivity index (χ4v) is 4.06. The molecule has 0 spiro atoms. The molecule has 3 heterocycles. The molecule has 2 fully saturated rings. The van der Waals surface area contributed by atoms with Gasteiger partial charge in [0, 0.05) is 45.0 Å². The van der Waals surface area contributed by atoms with E-state index in [1.165, 1.54) is 30.6 Å². The van der Waals surface area contributed by atoms with Crippen LogP contribution in [0.1, 0.15) is 44.6 Å². The van der Waals surface area contributed by atoms with Gasteiger partial charge in [-0.25, -0.2) is 9.98 Å². The third kappa shape index (κ3) is 8.99. The second-order valence-electron chi connectivity index (χ2n) is 8.10. The highest BCUT2D eigenvalue weighted by Crippen LogP contribution is 2.20. The van der Waals surface area contributed by atoms with Crippen LogP contribution in [0, 0.1) is 0 Å². The minimum atomic E-state index is -4.15. The molecule has 1 aromatic rings. The second-order valence-corrected chi connectivity index (χ2v) is 8.10. The van der Waals surface area contributed by atoms with Gasteiger partial charge in [-0.15, -0.1) is 24.0 Å². The number of aliphatic imine (C=N–C) groups is 1. The van der Waals surface area contributed by atoms with Gasteiger partial charge < -0.3 is 15.5 Å². The van der Waals surface area contributed by atoms with Crippen molar-refractivity contribution in [1.82, 2.24) is 20.5 Å². The quantitative estimate of drug-likeness (QED) is 0.319. The molecule has 0 aliphatic carbocycles. The largest absolute Gasteiger partial charge is 0.401 e. The van der Waals surface area contributed by atoms with Crippen molar-refractivity contribution in [1.29, 1.82) is 0 Å². The Morgan fingerprint density at radius 1 is 1.19 bits per heavy atom. The fourth-order valence-electron chi connectivity index (χ4n) is 4.06. The van der Waals surface area contributed by atoms with E-state index in [2.05, 4.69) is 31.6 Å². The average Bonchev–Trinajstić information content (AvgIpc) is 2.95. The zero-order valence-electron chi connectivity index (χ0n) is 18.1. The summed E-state index contributed by atoms with van der Waals surface area (Å²) in [6, 6.07) is 4.03. The third-order valence-electron chi connectivity index (χ3n) is 5.52. The van der Waals surface area contributed by atoms with Gasteiger partial charge in [0.25, 0.3) is 0 Å². The lowest BCUT2D eigenvalue weighted by Crippen LogP contribution is -2.45. The zero-order chi connectivity index (χ0) is 21.4. The summed E-state index contributed by atoms with van der Waals surface area (Å²) < 4.78 is 37.8. The predicted molar refractivity (Wildman–Crippen MR) is 129 cm³/mol. The van der Waals surface area contributed by atoms with Crippen LogP contribution in [0.4, 0.5) is 19.0 Å². The van der Waals surface area contributed by atoms with Gasteiger partial charge in [-0.3, -0.25) is 4.90 Å². The Labute approximate surface area is 200 Å². The summed E-state index contributed by atoms with van der Waals surface area (Å²) in [4.78, 5) is 13.0. The first-order valence-electron chi connectivity index (χ1n) is 11.0. The summed E-state index contributed by atoms with van der Waals surface area (Å²) >= 11 is 0. The molecule has 31 heavy (non-hydrogen) atoms. The summed E-state index contributed by atoms with van der Waals surface area (Å²) in [5, 5.41) is 6.49. The van der Waals surface area contributed by atoms with E-state index in [0.717, 1.165) is 24.5 Å². The Kier molecular flexibility index (Phi) is 10.6. The van der Waals surface area contributed by atoms with Crippen LogP contribution in [0.3, 0.4) is 0 Å². The predicted octanol–water partition coefficient (Wildman–Crippen LogP) is 3.77. The van der Waals surface area contributed by atoms with Crippen molar-refractivity contribution in [3.05, 3.63) is 23.9 Å². The van der Waals surface area contributed by atoms with Gasteiger partial charge >= 0.3 is 6.18 Å². The number of pyridine rings is 1. The molecule has 2 aliphatic rings. The summed E-state index contributed by atoms with van der Waals surface area (Å²) in [7, 11) is 0. The molecule has 0 saturated carbocycles. The molecule has 0 aromatic carbocycles. The van der Waals surface area contributed by atoms with Crippen LogP contribution < -0.4 is 15.5 Å². The average molecular weight is 554 g/mol. The molecule has 1 atom stereocenters. The number of nitrogens with one attached hydrogen (secondary N) is 2. The van der Waals surface area contributed by atoms with E-state index in [0.29, 0.717) is 38.6 Å². The lowest BCUT2D eigenvalue weighted by Gasteiger charge is -2.22. The smallest absolute Gasteiger partial charge is 0.357 e. The first kappa shape index (κ1) is 26.0. The van der Waals surface area contributed by atoms with Crippen LogP contribution in [0.5, 0.6) is 0 Å². The minimum absolute atomic E-state index is 0. The molecule has 2 aliphatic heterocycles. The first-order chi connectivity index (χ1) is 14.4. The van der Waals surface area contributed by atoms with Gasteiger partial charge in [0.1, 0.15) is 5.82 Å². The Morgan fingerprint density at radius 3 is 2.61 bits per heavy atom.